The Bertz CT molecular complexity index is 412. The fourth-order valence-electron chi connectivity index (χ4n) is 2.00. The molecule has 19 heavy (non-hydrogen) atoms. The number of unbranched alkanes of at least 4 members (excludes halogenated alkanes) is 2. The summed E-state index contributed by atoms with van der Waals surface area (Å²) in [7, 11) is 5.96. The van der Waals surface area contributed by atoms with E-state index >= 15 is 0 Å². The Labute approximate surface area is 125 Å². The Balaban J connectivity index is 2.50. The molecule has 0 saturated carbocycles. The lowest BCUT2D eigenvalue weighted by atomic mass is 10.2. The number of nitrogens with zero attached hydrogens (tertiary/aromatic N) is 3. The van der Waals surface area contributed by atoms with Gasteiger partial charge < -0.3 is 14.8 Å². The van der Waals surface area contributed by atoms with Gasteiger partial charge in [0.15, 0.2) is 5.96 Å². The molecule has 0 atom stereocenters. The molecule has 1 heterocycles. The molecule has 0 aliphatic heterocycles. The minimum absolute atomic E-state index is 0.843. The largest absolute Gasteiger partial charge is 0.356 e. The first-order valence-corrected chi connectivity index (χ1v) is 7.60. The van der Waals surface area contributed by atoms with E-state index in [1.807, 2.05) is 7.05 Å². The maximum absolute atomic E-state index is 4.33. The van der Waals surface area contributed by atoms with Crippen molar-refractivity contribution < 1.29 is 0 Å². The zero-order chi connectivity index (χ0) is 14.3. The second-order valence-electron chi connectivity index (χ2n) is 4.80. The summed E-state index contributed by atoms with van der Waals surface area (Å²) in [6.45, 7) is 4.05. The second kappa shape index (κ2) is 8.25. The van der Waals surface area contributed by atoms with Gasteiger partial charge in [0, 0.05) is 44.1 Å². The lowest BCUT2D eigenvalue weighted by Crippen LogP contribution is -2.39. The first kappa shape index (κ1) is 16.1. The molecule has 0 saturated heterocycles. The van der Waals surface area contributed by atoms with Crippen LogP contribution in [0.2, 0.25) is 0 Å². The van der Waals surface area contributed by atoms with Crippen LogP contribution in [0, 0.1) is 0 Å². The van der Waals surface area contributed by atoms with Crippen molar-refractivity contribution in [1.29, 1.82) is 0 Å². The summed E-state index contributed by atoms with van der Waals surface area (Å²) in [6.07, 6.45) is 5.77. The number of rotatable bonds is 6. The maximum atomic E-state index is 4.33. The van der Waals surface area contributed by atoms with Gasteiger partial charge in [-0.2, -0.15) is 0 Å². The van der Waals surface area contributed by atoms with E-state index in [1.165, 1.54) is 25.0 Å². The normalized spacial score (nSPS) is 11.7. The number of nitrogens with one attached hydrogen (secondary N) is 1. The van der Waals surface area contributed by atoms with Crippen molar-refractivity contribution in [2.45, 2.75) is 32.7 Å². The summed E-state index contributed by atoms with van der Waals surface area (Å²) in [6, 6.07) is 2.14. The molecule has 5 heteroatoms. The SMILES string of the molecule is CCCCCNC(=NC)N(C)Cc1cc(Br)cn1C. The van der Waals surface area contributed by atoms with E-state index < -0.39 is 0 Å². The molecular weight excluding hydrogens is 304 g/mol. The summed E-state index contributed by atoms with van der Waals surface area (Å²) in [5.41, 5.74) is 1.26. The lowest BCUT2D eigenvalue weighted by Gasteiger charge is -2.22. The predicted octanol–water partition coefficient (Wildman–Crippen LogP) is 2.99. The molecule has 0 spiro atoms. The van der Waals surface area contributed by atoms with E-state index in [0.717, 1.165) is 23.5 Å². The highest BCUT2D eigenvalue weighted by Crippen LogP contribution is 2.14. The molecule has 1 N–H and O–H groups in total. The third-order valence-electron chi connectivity index (χ3n) is 3.11. The number of aromatic nitrogens is 1. The van der Waals surface area contributed by atoms with E-state index in [0.29, 0.717) is 0 Å². The van der Waals surface area contributed by atoms with Crippen molar-refractivity contribution in [2.24, 2.45) is 12.0 Å². The first-order valence-electron chi connectivity index (χ1n) is 6.81. The van der Waals surface area contributed by atoms with Crippen LogP contribution >= 0.6 is 15.9 Å². The van der Waals surface area contributed by atoms with Crippen LogP contribution in [0.25, 0.3) is 0 Å². The van der Waals surface area contributed by atoms with Gasteiger partial charge in [0.2, 0.25) is 0 Å². The van der Waals surface area contributed by atoms with E-state index in [-0.39, 0.29) is 0 Å². The van der Waals surface area contributed by atoms with Gasteiger partial charge in [-0.3, -0.25) is 4.99 Å². The molecule has 0 fully saturated rings. The van der Waals surface area contributed by atoms with E-state index in [1.54, 1.807) is 0 Å². The van der Waals surface area contributed by atoms with Crippen molar-refractivity contribution in [3.8, 4) is 0 Å². The number of halogens is 1. The van der Waals surface area contributed by atoms with E-state index in [2.05, 4.69) is 69.0 Å². The number of hydrogen-bond donors (Lipinski definition) is 1. The highest BCUT2D eigenvalue weighted by molar-refractivity contribution is 9.10. The quantitative estimate of drug-likeness (QED) is 0.494. The van der Waals surface area contributed by atoms with Crippen LogP contribution in [-0.4, -0.2) is 36.1 Å². The number of guanidine groups is 1. The van der Waals surface area contributed by atoms with Crippen LogP contribution in [0.3, 0.4) is 0 Å². The number of aliphatic imine (C=N–C) groups is 1. The molecule has 1 rings (SSSR count). The smallest absolute Gasteiger partial charge is 0.193 e. The summed E-state index contributed by atoms with van der Waals surface area (Å²) < 4.78 is 3.24. The Morgan fingerprint density at radius 1 is 1.47 bits per heavy atom. The molecule has 0 unspecified atom stereocenters. The molecule has 0 aliphatic rings. The molecule has 0 aromatic carbocycles. The highest BCUT2D eigenvalue weighted by atomic mass is 79.9. The average Bonchev–Trinajstić information content (AvgIpc) is 2.68. The first-order chi connectivity index (χ1) is 9.08. The van der Waals surface area contributed by atoms with Crippen LogP contribution in [-0.2, 0) is 13.6 Å². The van der Waals surface area contributed by atoms with Gasteiger partial charge in [-0.1, -0.05) is 19.8 Å². The number of aryl methyl sites for hydroxylation is 1. The molecule has 108 valence electrons. The Kier molecular flexibility index (Phi) is 6.99. The highest BCUT2D eigenvalue weighted by Gasteiger charge is 2.09. The van der Waals surface area contributed by atoms with Crippen molar-refractivity contribution in [3.05, 3.63) is 22.4 Å². The predicted molar refractivity (Wildman–Crippen MR) is 85.5 cm³/mol. The monoisotopic (exact) mass is 328 g/mol. The maximum Gasteiger partial charge on any atom is 0.193 e. The zero-order valence-electron chi connectivity index (χ0n) is 12.4. The molecular formula is C14H25BrN4. The van der Waals surface area contributed by atoms with E-state index in [9.17, 15) is 0 Å². The van der Waals surface area contributed by atoms with Crippen molar-refractivity contribution >= 4 is 21.9 Å². The van der Waals surface area contributed by atoms with E-state index in [4.69, 9.17) is 0 Å². The van der Waals surface area contributed by atoms with Gasteiger partial charge in [-0.05, 0) is 28.4 Å². The van der Waals surface area contributed by atoms with Gasteiger partial charge in [-0.25, -0.2) is 0 Å². The van der Waals surface area contributed by atoms with Crippen LogP contribution in [0.1, 0.15) is 31.9 Å². The van der Waals surface area contributed by atoms with Crippen LogP contribution in [0.15, 0.2) is 21.7 Å². The molecule has 1 aromatic rings. The summed E-state index contributed by atoms with van der Waals surface area (Å²) >= 11 is 3.50. The fourth-order valence-corrected chi connectivity index (χ4v) is 2.57. The zero-order valence-corrected chi connectivity index (χ0v) is 14.0. The minimum Gasteiger partial charge on any atom is -0.356 e. The van der Waals surface area contributed by atoms with Crippen LogP contribution < -0.4 is 5.32 Å². The molecule has 4 nitrogen and oxygen atoms in total. The minimum atomic E-state index is 0.843. The van der Waals surface area contributed by atoms with Crippen molar-refractivity contribution in [1.82, 2.24) is 14.8 Å². The molecule has 0 bridgehead atoms. The van der Waals surface area contributed by atoms with Crippen LogP contribution in [0.5, 0.6) is 0 Å². The summed E-state index contributed by atoms with van der Waals surface area (Å²) in [5.74, 6) is 0.952. The molecule has 0 amide bonds. The van der Waals surface area contributed by atoms with Crippen molar-refractivity contribution in [2.75, 3.05) is 20.6 Å². The molecule has 0 radical (unpaired) electrons. The molecule has 1 aromatic heterocycles. The van der Waals surface area contributed by atoms with Gasteiger partial charge >= 0.3 is 0 Å². The molecule has 0 aliphatic carbocycles. The Morgan fingerprint density at radius 3 is 2.74 bits per heavy atom. The van der Waals surface area contributed by atoms with Gasteiger partial charge in [-0.15, -0.1) is 0 Å². The summed E-state index contributed by atoms with van der Waals surface area (Å²) in [5, 5.41) is 3.41. The Hall–Kier alpha value is -0.970. The standard InChI is InChI=1S/C14H25BrN4/c1-5-6-7-8-17-14(16-2)19(4)11-13-9-12(15)10-18(13)3/h9-10H,5-8,11H2,1-4H3,(H,16,17). The fraction of sp³-hybridized carbons (Fsp3) is 0.643. The Morgan fingerprint density at radius 2 is 2.21 bits per heavy atom. The third kappa shape index (κ3) is 5.27. The van der Waals surface area contributed by atoms with Gasteiger partial charge in [0.1, 0.15) is 0 Å². The third-order valence-corrected chi connectivity index (χ3v) is 3.54. The summed E-state index contributed by atoms with van der Waals surface area (Å²) in [4.78, 5) is 6.48. The second-order valence-corrected chi connectivity index (χ2v) is 5.71. The number of hydrogen-bond acceptors (Lipinski definition) is 1. The van der Waals surface area contributed by atoms with Gasteiger partial charge in [0.05, 0.1) is 6.54 Å². The van der Waals surface area contributed by atoms with Crippen LogP contribution in [0.4, 0.5) is 0 Å². The average molecular weight is 329 g/mol. The topological polar surface area (TPSA) is 32.6 Å². The van der Waals surface area contributed by atoms with Crippen molar-refractivity contribution in [3.63, 3.8) is 0 Å². The van der Waals surface area contributed by atoms with Gasteiger partial charge in [0.25, 0.3) is 0 Å². The lowest BCUT2D eigenvalue weighted by molar-refractivity contribution is 0.460.